The summed E-state index contributed by atoms with van der Waals surface area (Å²) in [6.07, 6.45) is 1.57. The van der Waals surface area contributed by atoms with Gasteiger partial charge in [-0.05, 0) is 6.92 Å². The van der Waals surface area contributed by atoms with Crippen molar-refractivity contribution in [3.8, 4) is 0 Å². The highest BCUT2D eigenvalue weighted by molar-refractivity contribution is 5.69. The first-order chi connectivity index (χ1) is 10.2. The van der Waals surface area contributed by atoms with E-state index in [0.29, 0.717) is 32.8 Å². The van der Waals surface area contributed by atoms with E-state index in [-0.39, 0.29) is 19.2 Å². The summed E-state index contributed by atoms with van der Waals surface area (Å²) in [7, 11) is 1.65. The molecule has 0 atom stereocenters. The van der Waals surface area contributed by atoms with Crippen LogP contribution in [0.3, 0.4) is 0 Å². The Labute approximate surface area is 129 Å². The third kappa shape index (κ3) is 19.3. The first-order valence-electron chi connectivity index (χ1n) is 7.71. The van der Waals surface area contributed by atoms with Crippen molar-refractivity contribution in [3.63, 3.8) is 0 Å². The van der Waals surface area contributed by atoms with Crippen LogP contribution in [0.25, 0.3) is 0 Å². The lowest BCUT2D eigenvalue weighted by Crippen LogP contribution is -2.33. The molecule has 0 aromatic heterocycles. The number of esters is 1. The average Bonchev–Trinajstić information content (AvgIpc) is 2.48. The molecule has 0 saturated carbocycles. The number of nitrogens with zero attached hydrogens (tertiary/aromatic N) is 1. The largest absolute Gasteiger partial charge is 0.463 e. The van der Waals surface area contributed by atoms with Crippen LogP contribution in [0.4, 0.5) is 0 Å². The molecule has 0 bridgehead atoms. The van der Waals surface area contributed by atoms with E-state index < -0.39 is 0 Å². The van der Waals surface area contributed by atoms with Gasteiger partial charge in [0.05, 0.1) is 26.2 Å². The van der Waals surface area contributed by atoms with Crippen LogP contribution in [0.5, 0.6) is 0 Å². The van der Waals surface area contributed by atoms with Crippen molar-refractivity contribution >= 4 is 5.97 Å². The smallest absolute Gasteiger partial charge is 0.307 e. The molecule has 0 aliphatic carbocycles. The normalized spacial score (nSPS) is 10.2. The minimum absolute atomic E-state index is 0.0653. The fraction of sp³-hybridized carbons (Fsp3) is 0.933. The van der Waals surface area contributed by atoms with E-state index in [1.807, 2.05) is 6.92 Å². The second kappa shape index (κ2) is 19.3. The molecule has 1 N–H and O–H groups in total. The maximum Gasteiger partial charge on any atom is 0.307 e. The Kier molecular flexibility index (Phi) is 20.8. The molecule has 0 aliphatic heterocycles. The summed E-state index contributed by atoms with van der Waals surface area (Å²) in [5, 5.41) is 8.53. The zero-order valence-corrected chi connectivity index (χ0v) is 14.1. The lowest BCUT2D eigenvalue weighted by atomic mass is 10.3. The van der Waals surface area contributed by atoms with Gasteiger partial charge in [0.1, 0.15) is 6.61 Å². The summed E-state index contributed by atoms with van der Waals surface area (Å²) < 4.78 is 15.1. The minimum atomic E-state index is -0.289. The van der Waals surface area contributed by atoms with Gasteiger partial charge in [0.2, 0.25) is 0 Å². The maximum absolute atomic E-state index is 11.3. The summed E-state index contributed by atoms with van der Waals surface area (Å²) in [5.41, 5.74) is 0. The van der Waals surface area contributed by atoms with Crippen molar-refractivity contribution in [2.75, 3.05) is 59.8 Å². The summed E-state index contributed by atoms with van der Waals surface area (Å²) in [6.45, 7) is 10.2. The summed E-state index contributed by atoms with van der Waals surface area (Å²) in [4.78, 5) is 13.4. The van der Waals surface area contributed by atoms with Gasteiger partial charge in [0.25, 0.3) is 0 Å². The highest BCUT2D eigenvalue weighted by atomic mass is 16.5. The number of methoxy groups -OCH3 is 1. The summed E-state index contributed by atoms with van der Waals surface area (Å²) >= 11 is 0. The van der Waals surface area contributed by atoms with Crippen molar-refractivity contribution in [2.45, 2.75) is 33.6 Å². The van der Waals surface area contributed by atoms with Gasteiger partial charge in [-0.3, -0.25) is 9.69 Å². The molecule has 0 unspecified atom stereocenters. The predicted octanol–water partition coefficient (Wildman–Crippen LogP) is 1.31. The fourth-order valence-electron chi connectivity index (χ4n) is 1.37. The van der Waals surface area contributed by atoms with Crippen LogP contribution in [-0.4, -0.2) is 75.8 Å². The zero-order chi connectivity index (χ0) is 16.3. The topological polar surface area (TPSA) is 68.2 Å². The van der Waals surface area contributed by atoms with Crippen molar-refractivity contribution in [3.05, 3.63) is 0 Å². The number of ether oxygens (including phenoxy) is 3. The number of aliphatic hydroxyl groups excluding tert-OH is 1. The molecule has 0 aliphatic rings. The molecule has 6 heteroatoms. The Morgan fingerprint density at radius 1 is 1.05 bits per heavy atom. The molecule has 0 aromatic carbocycles. The molecule has 0 amide bonds. The Morgan fingerprint density at radius 3 is 2.19 bits per heavy atom. The molecular weight excluding hydrogens is 274 g/mol. The van der Waals surface area contributed by atoms with E-state index in [1.54, 1.807) is 7.11 Å². The molecule has 0 rings (SSSR count). The number of carbonyl (C=O) groups is 1. The zero-order valence-electron chi connectivity index (χ0n) is 14.1. The second-order valence-electron chi connectivity index (χ2n) is 4.43. The molecule has 0 fully saturated rings. The lowest BCUT2D eigenvalue weighted by molar-refractivity contribution is -0.145. The Morgan fingerprint density at radius 2 is 1.67 bits per heavy atom. The molecular formula is C15H33NO5. The quantitative estimate of drug-likeness (QED) is 0.433. The standard InChI is InChI=1S/C12H25NO5.C3H8/c1-3-17-10-7-13(6-9-16-2)5-4-12(15)18-11-8-14;1-3-2/h14H,3-11H2,1-2H3;3H2,1-2H3. The van der Waals surface area contributed by atoms with Gasteiger partial charge in [0.15, 0.2) is 0 Å². The monoisotopic (exact) mass is 307 g/mol. The van der Waals surface area contributed by atoms with Gasteiger partial charge < -0.3 is 19.3 Å². The van der Waals surface area contributed by atoms with E-state index in [0.717, 1.165) is 13.1 Å². The summed E-state index contributed by atoms with van der Waals surface area (Å²) in [5.74, 6) is -0.289. The molecule has 128 valence electrons. The molecule has 21 heavy (non-hydrogen) atoms. The summed E-state index contributed by atoms with van der Waals surface area (Å²) in [6, 6.07) is 0. The number of aliphatic hydroxyl groups is 1. The van der Waals surface area contributed by atoms with E-state index >= 15 is 0 Å². The Hall–Kier alpha value is -0.690. The van der Waals surface area contributed by atoms with Gasteiger partial charge in [-0.15, -0.1) is 0 Å². The number of carbonyl (C=O) groups excluding carboxylic acids is 1. The predicted molar refractivity (Wildman–Crippen MR) is 83.4 cm³/mol. The highest BCUT2D eigenvalue weighted by Crippen LogP contribution is 1.95. The van der Waals surface area contributed by atoms with Crippen molar-refractivity contribution < 1.29 is 24.1 Å². The maximum atomic E-state index is 11.3. The molecule has 0 aromatic rings. The van der Waals surface area contributed by atoms with E-state index in [2.05, 4.69) is 18.7 Å². The minimum Gasteiger partial charge on any atom is -0.463 e. The van der Waals surface area contributed by atoms with Crippen molar-refractivity contribution in [2.24, 2.45) is 0 Å². The second-order valence-corrected chi connectivity index (χ2v) is 4.43. The Balaban J connectivity index is 0. The Bertz CT molecular complexity index is 214. The van der Waals surface area contributed by atoms with Crippen LogP contribution in [0.1, 0.15) is 33.6 Å². The third-order valence-corrected chi connectivity index (χ3v) is 2.35. The van der Waals surface area contributed by atoms with Crippen molar-refractivity contribution in [1.82, 2.24) is 4.90 Å². The molecule has 0 spiro atoms. The van der Waals surface area contributed by atoms with Gasteiger partial charge in [-0.25, -0.2) is 0 Å². The van der Waals surface area contributed by atoms with E-state index in [4.69, 9.17) is 19.3 Å². The first kappa shape index (κ1) is 22.6. The fourth-order valence-corrected chi connectivity index (χ4v) is 1.37. The van der Waals surface area contributed by atoms with Crippen LogP contribution in [0.15, 0.2) is 0 Å². The number of hydrogen-bond donors (Lipinski definition) is 1. The first-order valence-corrected chi connectivity index (χ1v) is 7.71. The molecule has 6 nitrogen and oxygen atoms in total. The van der Waals surface area contributed by atoms with Gasteiger partial charge in [0, 0.05) is 33.4 Å². The van der Waals surface area contributed by atoms with Crippen LogP contribution in [0, 0.1) is 0 Å². The molecule has 0 saturated heterocycles. The highest BCUT2D eigenvalue weighted by Gasteiger charge is 2.09. The van der Waals surface area contributed by atoms with Gasteiger partial charge >= 0.3 is 5.97 Å². The van der Waals surface area contributed by atoms with Crippen LogP contribution < -0.4 is 0 Å². The third-order valence-electron chi connectivity index (χ3n) is 2.35. The van der Waals surface area contributed by atoms with Crippen molar-refractivity contribution in [1.29, 1.82) is 0 Å². The van der Waals surface area contributed by atoms with Crippen LogP contribution >= 0.6 is 0 Å². The van der Waals surface area contributed by atoms with E-state index in [1.165, 1.54) is 6.42 Å². The van der Waals surface area contributed by atoms with Crippen LogP contribution in [-0.2, 0) is 19.0 Å². The van der Waals surface area contributed by atoms with Gasteiger partial charge in [-0.2, -0.15) is 0 Å². The molecule has 0 heterocycles. The SMILES string of the molecule is CCC.CCOCCN(CCOC)CCC(=O)OCCO. The molecule has 0 radical (unpaired) electrons. The number of rotatable bonds is 12. The number of hydrogen-bond acceptors (Lipinski definition) is 6. The average molecular weight is 307 g/mol. The van der Waals surface area contributed by atoms with Crippen LogP contribution in [0.2, 0.25) is 0 Å². The van der Waals surface area contributed by atoms with E-state index in [9.17, 15) is 4.79 Å². The lowest BCUT2D eigenvalue weighted by Gasteiger charge is -2.21. The van der Waals surface area contributed by atoms with Gasteiger partial charge in [-0.1, -0.05) is 20.3 Å².